The fourth-order valence-electron chi connectivity index (χ4n) is 4.57. The summed E-state index contributed by atoms with van der Waals surface area (Å²) < 4.78 is 2.18. The van der Waals surface area contributed by atoms with Crippen LogP contribution in [0.2, 0.25) is 0 Å². The van der Waals surface area contributed by atoms with Crippen LogP contribution < -0.4 is 0 Å². The SMILES string of the molecule is CCCN1CCN(Cc2nccn2CC)C[C@H](Cc2cccc(-c3cccnc3)c2)C1=O. The standard InChI is InChI=1S/C26H33N5O/c1-3-12-31-15-14-29(20-25-28-11-13-30(25)4-2)19-24(26(31)32)17-21-7-5-8-22(16-21)23-9-6-10-27-18-23/h5-11,13,16,18,24H,3-4,12,14-15,17,19-20H2,1-2H3/t24-/m0/s1. The lowest BCUT2D eigenvalue weighted by molar-refractivity contribution is -0.134. The number of hydrogen-bond donors (Lipinski definition) is 0. The number of pyridine rings is 1. The average Bonchev–Trinajstić information content (AvgIpc) is 3.23. The highest BCUT2D eigenvalue weighted by atomic mass is 16.2. The van der Waals surface area contributed by atoms with Gasteiger partial charge in [0.15, 0.2) is 0 Å². The number of carbonyl (C=O) groups excluding carboxylic acids is 1. The zero-order valence-electron chi connectivity index (χ0n) is 19.2. The first-order valence-electron chi connectivity index (χ1n) is 11.7. The van der Waals surface area contributed by atoms with Crippen LogP contribution in [0.25, 0.3) is 11.1 Å². The third kappa shape index (κ3) is 5.25. The van der Waals surface area contributed by atoms with Crippen molar-refractivity contribution in [2.45, 2.75) is 39.8 Å². The molecule has 0 N–H and O–H groups in total. The Balaban J connectivity index is 1.54. The molecule has 1 fully saturated rings. The minimum atomic E-state index is -0.0572. The van der Waals surface area contributed by atoms with E-state index >= 15 is 0 Å². The van der Waals surface area contributed by atoms with Gasteiger partial charge in [-0.2, -0.15) is 0 Å². The molecule has 32 heavy (non-hydrogen) atoms. The molecule has 168 valence electrons. The Labute approximate surface area is 190 Å². The number of aromatic nitrogens is 3. The molecule has 1 aliphatic rings. The Kier molecular flexibility index (Phi) is 7.32. The number of benzene rings is 1. The van der Waals surface area contributed by atoms with E-state index < -0.39 is 0 Å². The van der Waals surface area contributed by atoms with Gasteiger partial charge >= 0.3 is 0 Å². The van der Waals surface area contributed by atoms with Gasteiger partial charge in [-0.25, -0.2) is 4.98 Å². The van der Waals surface area contributed by atoms with Crippen molar-refractivity contribution in [2.75, 3.05) is 26.2 Å². The molecule has 1 saturated heterocycles. The van der Waals surface area contributed by atoms with Crippen LogP contribution in [-0.2, 0) is 24.3 Å². The van der Waals surface area contributed by atoms with Crippen molar-refractivity contribution in [3.05, 3.63) is 72.6 Å². The summed E-state index contributed by atoms with van der Waals surface area (Å²) in [5.74, 6) is 1.29. The molecule has 3 aromatic rings. The molecule has 6 nitrogen and oxygen atoms in total. The van der Waals surface area contributed by atoms with Crippen molar-refractivity contribution in [1.82, 2.24) is 24.3 Å². The first-order valence-corrected chi connectivity index (χ1v) is 11.7. The zero-order chi connectivity index (χ0) is 22.3. The molecule has 1 aromatic carbocycles. The van der Waals surface area contributed by atoms with E-state index in [9.17, 15) is 4.79 Å². The van der Waals surface area contributed by atoms with Crippen molar-refractivity contribution in [3.63, 3.8) is 0 Å². The van der Waals surface area contributed by atoms with Gasteiger partial charge in [0.1, 0.15) is 5.82 Å². The molecule has 0 spiro atoms. The lowest BCUT2D eigenvalue weighted by Gasteiger charge is -2.24. The highest BCUT2D eigenvalue weighted by Gasteiger charge is 2.30. The van der Waals surface area contributed by atoms with E-state index in [0.29, 0.717) is 0 Å². The van der Waals surface area contributed by atoms with Crippen LogP contribution >= 0.6 is 0 Å². The third-order valence-electron chi connectivity index (χ3n) is 6.23. The average molecular weight is 432 g/mol. The Morgan fingerprint density at radius 3 is 2.72 bits per heavy atom. The second-order valence-corrected chi connectivity index (χ2v) is 8.53. The molecule has 6 heteroatoms. The zero-order valence-corrected chi connectivity index (χ0v) is 19.2. The molecule has 3 heterocycles. The van der Waals surface area contributed by atoms with Gasteiger partial charge in [-0.05, 0) is 42.5 Å². The summed E-state index contributed by atoms with van der Waals surface area (Å²) in [5.41, 5.74) is 3.43. The van der Waals surface area contributed by atoms with E-state index in [0.717, 1.165) is 69.1 Å². The fraction of sp³-hybridized carbons (Fsp3) is 0.423. The van der Waals surface area contributed by atoms with Crippen molar-refractivity contribution in [3.8, 4) is 11.1 Å². The molecule has 1 aliphatic heterocycles. The van der Waals surface area contributed by atoms with Crippen LogP contribution in [0.1, 0.15) is 31.7 Å². The van der Waals surface area contributed by atoms with E-state index in [4.69, 9.17) is 0 Å². The van der Waals surface area contributed by atoms with Gasteiger partial charge in [-0.15, -0.1) is 0 Å². The number of aryl methyl sites for hydroxylation is 1. The van der Waals surface area contributed by atoms with E-state index in [1.54, 1.807) is 6.20 Å². The van der Waals surface area contributed by atoms with Crippen molar-refractivity contribution >= 4 is 5.91 Å². The molecule has 0 unspecified atom stereocenters. The van der Waals surface area contributed by atoms with Gasteiger partial charge in [0.2, 0.25) is 5.91 Å². The lowest BCUT2D eigenvalue weighted by atomic mass is 9.95. The minimum Gasteiger partial charge on any atom is -0.341 e. The molecule has 1 amide bonds. The van der Waals surface area contributed by atoms with Crippen LogP contribution in [0.3, 0.4) is 0 Å². The quantitative estimate of drug-likeness (QED) is 0.543. The molecule has 0 bridgehead atoms. The molecule has 1 atom stereocenters. The summed E-state index contributed by atoms with van der Waals surface area (Å²) in [4.78, 5) is 26.7. The topological polar surface area (TPSA) is 54.3 Å². The number of rotatable bonds is 8. The maximum Gasteiger partial charge on any atom is 0.227 e. The van der Waals surface area contributed by atoms with Gasteiger partial charge < -0.3 is 9.47 Å². The number of nitrogens with zero attached hydrogens (tertiary/aromatic N) is 5. The van der Waals surface area contributed by atoms with Crippen LogP contribution in [0, 0.1) is 5.92 Å². The van der Waals surface area contributed by atoms with Crippen molar-refractivity contribution < 1.29 is 4.79 Å². The second-order valence-electron chi connectivity index (χ2n) is 8.53. The molecular weight excluding hydrogens is 398 g/mol. The predicted octanol–water partition coefficient (Wildman–Crippen LogP) is 3.88. The normalized spacial score (nSPS) is 17.5. The van der Waals surface area contributed by atoms with Crippen LogP contribution in [-0.4, -0.2) is 56.4 Å². The van der Waals surface area contributed by atoms with Crippen molar-refractivity contribution in [2.24, 2.45) is 5.92 Å². The van der Waals surface area contributed by atoms with Gasteiger partial charge in [-0.3, -0.25) is 14.7 Å². The van der Waals surface area contributed by atoms with Gasteiger partial charge in [0.05, 0.1) is 12.5 Å². The van der Waals surface area contributed by atoms with Crippen LogP contribution in [0.4, 0.5) is 0 Å². The Morgan fingerprint density at radius 1 is 1.06 bits per heavy atom. The van der Waals surface area contributed by atoms with E-state index in [1.165, 1.54) is 5.56 Å². The van der Waals surface area contributed by atoms with E-state index in [-0.39, 0.29) is 11.8 Å². The largest absolute Gasteiger partial charge is 0.341 e. The molecule has 0 aliphatic carbocycles. The number of imidazole rings is 1. The summed E-state index contributed by atoms with van der Waals surface area (Å²) >= 11 is 0. The van der Waals surface area contributed by atoms with Crippen LogP contribution in [0.5, 0.6) is 0 Å². The van der Waals surface area contributed by atoms with Crippen LogP contribution in [0.15, 0.2) is 61.2 Å². The summed E-state index contributed by atoms with van der Waals surface area (Å²) in [7, 11) is 0. The molecule has 0 saturated carbocycles. The maximum absolute atomic E-state index is 13.4. The summed E-state index contributed by atoms with van der Waals surface area (Å²) in [6, 6.07) is 12.6. The molecule has 4 rings (SSSR count). The predicted molar refractivity (Wildman–Crippen MR) is 127 cm³/mol. The number of hydrogen-bond acceptors (Lipinski definition) is 4. The first kappa shape index (κ1) is 22.2. The number of carbonyl (C=O) groups is 1. The highest BCUT2D eigenvalue weighted by molar-refractivity contribution is 5.80. The summed E-state index contributed by atoms with van der Waals surface area (Å²) in [5, 5.41) is 0. The summed E-state index contributed by atoms with van der Waals surface area (Å²) in [6.45, 7) is 9.21. The van der Waals surface area contributed by atoms with E-state index in [1.807, 2.05) is 24.7 Å². The Bertz CT molecular complexity index is 1020. The fourth-order valence-corrected chi connectivity index (χ4v) is 4.57. The van der Waals surface area contributed by atoms with Crippen molar-refractivity contribution in [1.29, 1.82) is 0 Å². The lowest BCUT2D eigenvalue weighted by Crippen LogP contribution is -2.37. The second kappa shape index (κ2) is 10.6. The van der Waals surface area contributed by atoms with Gasteiger partial charge in [0.25, 0.3) is 0 Å². The molecule has 0 radical (unpaired) electrons. The monoisotopic (exact) mass is 431 g/mol. The summed E-state index contributed by atoms with van der Waals surface area (Å²) in [6.07, 6.45) is 9.30. The molecular formula is C26H33N5O. The first-order chi connectivity index (χ1) is 15.7. The minimum absolute atomic E-state index is 0.0572. The Morgan fingerprint density at radius 2 is 1.94 bits per heavy atom. The Hall–Kier alpha value is -2.99. The number of amides is 1. The van der Waals surface area contributed by atoms with E-state index in [2.05, 4.69) is 68.5 Å². The van der Waals surface area contributed by atoms with Gasteiger partial charge in [0, 0.05) is 57.5 Å². The molecule has 2 aromatic heterocycles. The smallest absolute Gasteiger partial charge is 0.227 e. The maximum atomic E-state index is 13.4. The van der Waals surface area contributed by atoms with Gasteiger partial charge in [-0.1, -0.05) is 37.3 Å². The third-order valence-corrected chi connectivity index (χ3v) is 6.23. The highest BCUT2D eigenvalue weighted by Crippen LogP contribution is 2.23.